The molecule has 4 rings (SSSR count). The molecule has 4 heteroatoms. The molecule has 0 amide bonds. The largest absolute Gasteiger partial charge is 0.385 e. The van der Waals surface area contributed by atoms with Gasteiger partial charge in [0, 0.05) is 46.9 Å². The molecule has 0 atom stereocenters. The molecule has 2 N–H and O–H groups in total. The number of aryl methyl sites for hydroxylation is 1. The fourth-order valence-electron chi connectivity index (χ4n) is 3.62. The first-order valence-corrected chi connectivity index (χ1v) is 9.00. The Kier molecular flexibility index (Phi) is 4.46. The van der Waals surface area contributed by atoms with E-state index in [4.69, 9.17) is 11.6 Å². The minimum atomic E-state index is 0.776. The van der Waals surface area contributed by atoms with Crippen molar-refractivity contribution in [3.05, 3.63) is 64.8 Å². The highest BCUT2D eigenvalue weighted by molar-refractivity contribution is 6.30. The maximum Gasteiger partial charge on any atom is 0.0485 e. The van der Waals surface area contributed by atoms with E-state index in [1.165, 1.54) is 22.2 Å². The summed E-state index contributed by atoms with van der Waals surface area (Å²) in [5.41, 5.74) is 5.50. The summed E-state index contributed by atoms with van der Waals surface area (Å²) in [6.07, 6.45) is 2.22. The van der Waals surface area contributed by atoms with Crippen molar-refractivity contribution in [2.75, 3.05) is 18.4 Å². The van der Waals surface area contributed by atoms with Crippen LogP contribution < -0.4 is 10.6 Å². The minimum Gasteiger partial charge on any atom is -0.385 e. The lowest BCUT2D eigenvalue weighted by Gasteiger charge is -2.17. The van der Waals surface area contributed by atoms with E-state index < -0.39 is 0 Å². The molecular weight excluding hydrogens is 318 g/mol. The predicted molar refractivity (Wildman–Crippen MR) is 102 cm³/mol. The molecule has 24 heavy (non-hydrogen) atoms. The van der Waals surface area contributed by atoms with Crippen molar-refractivity contribution < 1.29 is 0 Å². The van der Waals surface area contributed by atoms with Gasteiger partial charge in [-0.15, -0.1) is 0 Å². The molecule has 1 aromatic heterocycles. The Morgan fingerprint density at radius 2 is 1.92 bits per heavy atom. The van der Waals surface area contributed by atoms with Crippen molar-refractivity contribution >= 4 is 28.2 Å². The van der Waals surface area contributed by atoms with E-state index in [1.807, 2.05) is 24.3 Å². The molecule has 0 bridgehead atoms. The van der Waals surface area contributed by atoms with Crippen LogP contribution >= 0.6 is 11.6 Å². The highest BCUT2D eigenvalue weighted by Crippen LogP contribution is 2.28. The van der Waals surface area contributed by atoms with Gasteiger partial charge in [0.05, 0.1) is 0 Å². The summed E-state index contributed by atoms with van der Waals surface area (Å²) >= 11 is 5.93. The molecule has 2 heterocycles. The Hall–Kier alpha value is -1.97. The Morgan fingerprint density at radius 1 is 1.08 bits per heavy atom. The summed E-state index contributed by atoms with van der Waals surface area (Å²) in [5.74, 6) is 0. The predicted octanol–water partition coefficient (Wildman–Crippen LogP) is 4.44. The van der Waals surface area contributed by atoms with Crippen molar-refractivity contribution in [3.8, 4) is 0 Å². The van der Waals surface area contributed by atoms with Gasteiger partial charge in [0.25, 0.3) is 0 Å². The molecule has 0 saturated heterocycles. The number of nitrogens with one attached hydrogen (secondary N) is 2. The fourth-order valence-corrected chi connectivity index (χ4v) is 3.75. The molecule has 0 radical (unpaired) electrons. The Bertz CT molecular complexity index is 836. The van der Waals surface area contributed by atoms with Gasteiger partial charge < -0.3 is 15.2 Å². The maximum absolute atomic E-state index is 5.93. The highest BCUT2D eigenvalue weighted by Gasteiger charge is 2.18. The van der Waals surface area contributed by atoms with Gasteiger partial charge in [0.1, 0.15) is 0 Å². The highest BCUT2D eigenvalue weighted by atomic mass is 35.5. The summed E-state index contributed by atoms with van der Waals surface area (Å²) in [4.78, 5) is 0. The molecule has 0 fully saturated rings. The third-order valence-electron chi connectivity index (χ3n) is 4.77. The lowest BCUT2D eigenvalue weighted by molar-refractivity contribution is 0.576. The van der Waals surface area contributed by atoms with E-state index in [9.17, 15) is 0 Å². The summed E-state index contributed by atoms with van der Waals surface area (Å²) in [6.45, 7) is 4.06. The molecule has 0 saturated carbocycles. The molecule has 2 aromatic carbocycles. The molecule has 0 aliphatic carbocycles. The Labute approximate surface area is 147 Å². The van der Waals surface area contributed by atoms with Gasteiger partial charge in [-0.3, -0.25) is 0 Å². The van der Waals surface area contributed by atoms with Crippen LogP contribution in [0.4, 0.5) is 5.69 Å². The quantitative estimate of drug-likeness (QED) is 0.673. The first kappa shape index (κ1) is 15.6. The molecule has 0 spiro atoms. The number of aromatic nitrogens is 1. The summed E-state index contributed by atoms with van der Waals surface area (Å²) in [6, 6.07) is 16.7. The van der Waals surface area contributed by atoms with E-state index in [2.05, 4.69) is 39.5 Å². The van der Waals surface area contributed by atoms with E-state index in [-0.39, 0.29) is 0 Å². The van der Waals surface area contributed by atoms with E-state index >= 15 is 0 Å². The van der Waals surface area contributed by atoms with Crippen molar-refractivity contribution in [3.63, 3.8) is 0 Å². The van der Waals surface area contributed by atoms with Gasteiger partial charge in [0.2, 0.25) is 0 Å². The van der Waals surface area contributed by atoms with Crippen LogP contribution in [0.5, 0.6) is 0 Å². The SMILES string of the molecule is Clc1ccc(NCCCn2c3c(c4ccccc42)CCNC3)cc1. The monoisotopic (exact) mass is 339 g/mol. The van der Waals surface area contributed by atoms with Crippen LogP contribution in [0.3, 0.4) is 0 Å². The number of hydrogen-bond acceptors (Lipinski definition) is 2. The van der Waals surface area contributed by atoms with Crippen LogP contribution in [0.25, 0.3) is 10.9 Å². The molecule has 1 aliphatic heterocycles. The number of para-hydroxylation sites is 1. The lowest BCUT2D eigenvalue weighted by Crippen LogP contribution is -2.25. The zero-order chi connectivity index (χ0) is 16.4. The molecular formula is C20H22ClN3. The third-order valence-corrected chi connectivity index (χ3v) is 5.02. The van der Waals surface area contributed by atoms with Crippen LogP contribution in [-0.2, 0) is 19.5 Å². The normalized spacial score (nSPS) is 13.9. The first-order chi connectivity index (χ1) is 11.8. The number of nitrogens with zero attached hydrogens (tertiary/aromatic N) is 1. The van der Waals surface area contributed by atoms with E-state index in [0.717, 1.165) is 49.7 Å². The summed E-state index contributed by atoms with van der Waals surface area (Å²) < 4.78 is 2.50. The average molecular weight is 340 g/mol. The third kappa shape index (κ3) is 3.02. The molecule has 124 valence electrons. The van der Waals surface area contributed by atoms with Crippen molar-refractivity contribution in [1.29, 1.82) is 0 Å². The van der Waals surface area contributed by atoms with Gasteiger partial charge in [-0.05, 0) is 55.3 Å². The zero-order valence-electron chi connectivity index (χ0n) is 13.7. The minimum absolute atomic E-state index is 0.776. The van der Waals surface area contributed by atoms with Crippen LogP contribution in [0.2, 0.25) is 5.02 Å². The molecule has 3 nitrogen and oxygen atoms in total. The molecule has 3 aromatic rings. The topological polar surface area (TPSA) is 29.0 Å². The van der Waals surface area contributed by atoms with Crippen molar-refractivity contribution in [2.45, 2.75) is 25.9 Å². The second-order valence-electron chi connectivity index (χ2n) is 6.31. The Morgan fingerprint density at radius 3 is 2.79 bits per heavy atom. The van der Waals surface area contributed by atoms with Gasteiger partial charge >= 0.3 is 0 Å². The number of fused-ring (bicyclic) bond motifs is 3. The zero-order valence-corrected chi connectivity index (χ0v) is 14.4. The van der Waals surface area contributed by atoms with Gasteiger partial charge in [-0.1, -0.05) is 29.8 Å². The number of benzene rings is 2. The Balaban J connectivity index is 1.47. The molecule has 1 aliphatic rings. The lowest BCUT2D eigenvalue weighted by atomic mass is 10.1. The first-order valence-electron chi connectivity index (χ1n) is 8.62. The van der Waals surface area contributed by atoms with Gasteiger partial charge in [0.15, 0.2) is 0 Å². The second kappa shape index (κ2) is 6.88. The summed E-state index contributed by atoms with van der Waals surface area (Å²) in [5, 5.41) is 9.20. The fraction of sp³-hybridized carbons (Fsp3) is 0.300. The van der Waals surface area contributed by atoms with Crippen molar-refractivity contribution in [1.82, 2.24) is 9.88 Å². The average Bonchev–Trinajstić information content (AvgIpc) is 2.95. The number of halogens is 1. The van der Waals surface area contributed by atoms with Gasteiger partial charge in [-0.2, -0.15) is 0 Å². The standard InChI is InChI=1S/C20H22ClN3/c21-15-6-8-16(9-7-15)23-11-3-13-24-19-5-2-1-4-17(19)18-10-12-22-14-20(18)24/h1-2,4-9,22-23H,3,10-14H2. The van der Waals surface area contributed by atoms with Crippen LogP contribution in [0.1, 0.15) is 17.7 Å². The maximum atomic E-state index is 5.93. The smallest absolute Gasteiger partial charge is 0.0485 e. The van der Waals surface area contributed by atoms with Gasteiger partial charge in [-0.25, -0.2) is 0 Å². The van der Waals surface area contributed by atoms with E-state index in [0.29, 0.717) is 0 Å². The van der Waals surface area contributed by atoms with Crippen LogP contribution in [0, 0.1) is 0 Å². The molecule has 0 unspecified atom stereocenters. The number of anilines is 1. The number of hydrogen-bond donors (Lipinski definition) is 2. The van der Waals surface area contributed by atoms with Crippen molar-refractivity contribution in [2.24, 2.45) is 0 Å². The second-order valence-corrected chi connectivity index (χ2v) is 6.74. The van der Waals surface area contributed by atoms with Crippen LogP contribution in [0.15, 0.2) is 48.5 Å². The van der Waals surface area contributed by atoms with Crippen LogP contribution in [-0.4, -0.2) is 17.7 Å². The van der Waals surface area contributed by atoms with E-state index in [1.54, 1.807) is 0 Å². The summed E-state index contributed by atoms with van der Waals surface area (Å²) in [7, 11) is 0. The number of rotatable bonds is 5.